The highest BCUT2D eigenvalue weighted by Gasteiger charge is 2.37. The Bertz CT molecular complexity index is 1630. The van der Waals surface area contributed by atoms with Crippen molar-refractivity contribution >= 4 is 23.2 Å². The van der Waals surface area contributed by atoms with Gasteiger partial charge < -0.3 is 24.6 Å². The summed E-state index contributed by atoms with van der Waals surface area (Å²) in [7, 11) is 3.24. The van der Waals surface area contributed by atoms with Crippen LogP contribution in [-0.4, -0.2) is 95.2 Å². The van der Waals surface area contributed by atoms with Gasteiger partial charge in [-0.05, 0) is 38.9 Å². The summed E-state index contributed by atoms with van der Waals surface area (Å²) >= 11 is 0. The molecule has 6 rings (SSSR count). The molecule has 3 fully saturated rings. The minimum absolute atomic E-state index is 0.0952. The fraction of sp³-hybridized carbons (Fsp3) is 0.484. The van der Waals surface area contributed by atoms with Gasteiger partial charge in [-0.15, -0.1) is 0 Å². The molecule has 3 aromatic rings. The highest BCUT2D eigenvalue weighted by molar-refractivity contribution is 6.07. The topological polar surface area (TPSA) is 89.8 Å². The summed E-state index contributed by atoms with van der Waals surface area (Å²) in [4.78, 5) is 43.1. The number of piperazine rings is 2. The molecule has 14 heteroatoms. The van der Waals surface area contributed by atoms with E-state index in [1.165, 1.54) is 44.4 Å². The number of nitrogens with one attached hydrogen (secondary N) is 1. The monoisotopic (exact) mass is 628 g/mol. The molecular weight excluding hydrogens is 592 g/mol. The Kier molecular flexibility index (Phi) is 8.29. The average molecular weight is 629 g/mol. The van der Waals surface area contributed by atoms with Crippen molar-refractivity contribution in [2.24, 2.45) is 7.05 Å². The first kappa shape index (κ1) is 31.0. The number of hydrogen-bond donors (Lipinski definition) is 1. The second-order valence-corrected chi connectivity index (χ2v) is 12.2. The van der Waals surface area contributed by atoms with Gasteiger partial charge in [0.2, 0.25) is 5.95 Å². The summed E-state index contributed by atoms with van der Waals surface area (Å²) in [6, 6.07) is 3.91. The number of rotatable bonds is 6. The Hall–Kier alpha value is -4.04. The van der Waals surface area contributed by atoms with Crippen molar-refractivity contribution in [3.8, 4) is 11.1 Å². The summed E-state index contributed by atoms with van der Waals surface area (Å²) in [6.07, 6.45) is 1.46. The molecule has 0 unspecified atom stereocenters. The Morgan fingerprint density at radius 1 is 0.956 bits per heavy atom. The molecule has 0 bridgehead atoms. The quantitative estimate of drug-likeness (QED) is 0.414. The third kappa shape index (κ3) is 6.52. The summed E-state index contributed by atoms with van der Waals surface area (Å²) in [6.45, 7) is 7.17. The maximum Gasteiger partial charge on any atom is 0.417 e. The van der Waals surface area contributed by atoms with Crippen molar-refractivity contribution in [3.05, 3.63) is 64.1 Å². The second-order valence-electron chi connectivity index (χ2n) is 12.2. The third-order valence-electron chi connectivity index (χ3n) is 9.02. The van der Waals surface area contributed by atoms with Crippen molar-refractivity contribution in [3.63, 3.8) is 0 Å². The van der Waals surface area contributed by atoms with E-state index in [0.717, 1.165) is 36.9 Å². The molecule has 2 aliphatic heterocycles. The minimum Gasteiger partial charge on any atom is -0.367 e. The lowest BCUT2D eigenvalue weighted by atomic mass is 10.0. The van der Waals surface area contributed by atoms with Crippen LogP contribution in [0.25, 0.3) is 11.1 Å². The average Bonchev–Trinajstić information content (AvgIpc) is 3.86. The molecular formula is C31H36F4N8O2. The summed E-state index contributed by atoms with van der Waals surface area (Å²) in [5.41, 5.74) is -2.03. The van der Waals surface area contributed by atoms with Gasteiger partial charge in [0.1, 0.15) is 5.82 Å². The zero-order valence-electron chi connectivity index (χ0n) is 25.4. The molecule has 1 aliphatic carbocycles. The summed E-state index contributed by atoms with van der Waals surface area (Å²) in [5.74, 6) is -1.11. The number of aryl methyl sites for hydroxylation is 1. The molecule has 240 valence electrons. The van der Waals surface area contributed by atoms with Crippen LogP contribution in [0.15, 0.2) is 41.6 Å². The first-order valence-electron chi connectivity index (χ1n) is 15.1. The smallest absolute Gasteiger partial charge is 0.367 e. The lowest BCUT2D eigenvalue weighted by Crippen LogP contribution is -2.50. The van der Waals surface area contributed by atoms with Crippen LogP contribution < -0.4 is 20.7 Å². The van der Waals surface area contributed by atoms with Crippen LogP contribution >= 0.6 is 0 Å². The van der Waals surface area contributed by atoms with E-state index in [-0.39, 0.29) is 17.3 Å². The van der Waals surface area contributed by atoms with E-state index in [2.05, 4.69) is 30.0 Å². The minimum atomic E-state index is -4.94. The molecule has 1 aromatic carbocycles. The largest absolute Gasteiger partial charge is 0.417 e. The summed E-state index contributed by atoms with van der Waals surface area (Å²) in [5, 5.41) is 2.60. The van der Waals surface area contributed by atoms with Crippen LogP contribution in [0.3, 0.4) is 0 Å². The van der Waals surface area contributed by atoms with Gasteiger partial charge in [0.25, 0.3) is 11.5 Å². The van der Waals surface area contributed by atoms with Crippen LogP contribution in [0.4, 0.5) is 34.9 Å². The molecule has 10 nitrogen and oxygen atoms in total. The lowest BCUT2D eigenvalue weighted by molar-refractivity contribution is -0.138. The van der Waals surface area contributed by atoms with E-state index in [1.807, 2.05) is 18.9 Å². The Morgan fingerprint density at radius 3 is 2.24 bits per heavy atom. The molecule has 1 amide bonds. The van der Waals surface area contributed by atoms with Gasteiger partial charge in [-0.2, -0.15) is 13.2 Å². The maximum atomic E-state index is 15.8. The number of carbonyl (C=O) groups is 1. The molecule has 1 N–H and O–H groups in total. The Balaban J connectivity index is 1.33. The van der Waals surface area contributed by atoms with Crippen LogP contribution in [0.5, 0.6) is 0 Å². The standard InChI is InChI=1S/C31H36F4N8O2/c1-19-17-43(7-6-39(19)2)27-14-25(32)22(20-15-36-30(37-16-20)42-10-8-41(9-11-42)21-4-5-21)12-26(27)38-29(45)23-18-40(3)28(44)13-24(23)31(33,34)35/h12-16,18-19,21H,4-11,17H2,1-3H3,(H,38,45)/t19-/m1/s1. The highest BCUT2D eigenvalue weighted by atomic mass is 19.4. The Morgan fingerprint density at radius 2 is 1.62 bits per heavy atom. The number of carbonyl (C=O) groups excluding carboxylic acids is 1. The van der Waals surface area contributed by atoms with Gasteiger partial charge in [-0.3, -0.25) is 14.5 Å². The van der Waals surface area contributed by atoms with Crippen molar-refractivity contribution in [2.75, 3.05) is 68.0 Å². The van der Waals surface area contributed by atoms with Gasteiger partial charge in [0.15, 0.2) is 0 Å². The highest BCUT2D eigenvalue weighted by Crippen LogP contribution is 2.37. The predicted octanol–water partition coefficient (Wildman–Crippen LogP) is 3.68. The van der Waals surface area contributed by atoms with Crippen LogP contribution in [-0.2, 0) is 13.2 Å². The number of nitrogens with zero attached hydrogens (tertiary/aromatic N) is 7. The molecule has 0 radical (unpaired) electrons. The number of halogens is 4. The van der Waals surface area contributed by atoms with Gasteiger partial charge in [-0.1, -0.05) is 0 Å². The molecule has 0 spiro atoms. The number of benzene rings is 1. The van der Waals surface area contributed by atoms with E-state index in [1.54, 1.807) is 0 Å². The third-order valence-corrected chi connectivity index (χ3v) is 9.02. The number of amides is 1. The lowest BCUT2D eigenvalue weighted by Gasteiger charge is -2.39. The molecule has 4 heterocycles. The molecule has 45 heavy (non-hydrogen) atoms. The van der Waals surface area contributed by atoms with Gasteiger partial charge in [0, 0.05) is 101 Å². The van der Waals surface area contributed by atoms with Gasteiger partial charge in [0.05, 0.1) is 22.5 Å². The zero-order valence-corrected chi connectivity index (χ0v) is 25.4. The molecule has 2 aromatic heterocycles. The maximum absolute atomic E-state index is 15.8. The SMILES string of the molecule is C[C@@H]1CN(c2cc(F)c(-c3cnc(N4CCN(C5CC5)CC4)nc3)cc2NC(=O)c2cn(C)c(=O)cc2C(F)(F)F)CCN1C. The molecule has 3 aliphatic rings. The van der Waals surface area contributed by atoms with Crippen molar-refractivity contribution in [2.45, 2.75) is 38.0 Å². The first-order chi connectivity index (χ1) is 21.4. The van der Waals surface area contributed by atoms with E-state index < -0.39 is 34.6 Å². The number of likely N-dealkylation sites (N-methyl/N-ethyl adjacent to an activating group) is 1. The molecule has 1 saturated carbocycles. The van der Waals surface area contributed by atoms with E-state index in [4.69, 9.17) is 0 Å². The molecule has 1 atom stereocenters. The molecule has 2 saturated heterocycles. The number of hydrogen-bond acceptors (Lipinski definition) is 8. The van der Waals surface area contributed by atoms with Crippen molar-refractivity contribution < 1.29 is 22.4 Å². The number of alkyl halides is 3. The van der Waals surface area contributed by atoms with Gasteiger partial charge in [-0.25, -0.2) is 14.4 Å². The number of aromatic nitrogens is 3. The first-order valence-corrected chi connectivity index (χ1v) is 15.1. The van der Waals surface area contributed by atoms with E-state index in [0.29, 0.717) is 48.9 Å². The number of anilines is 3. The number of pyridine rings is 1. The van der Waals surface area contributed by atoms with E-state index >= 15 is 4.39 Å². The van der Waals surface area contributed by atoms with Gasteiger partial charge >= 0.3 is 6.18 Å². The van der Waals surface area contributed by atoms with Crippen LogP contribution in [0.2, 0.25) is 0 Å². The van der Waals surface area contributed by atoms with E-state index in [9.17, 15) is 22.8 Å². The predicted molar refractivity (Wildman–Crippen MR) is 163 cm³/mol. The summed E-state index contributed by atoms with van der Waals surface area (Å²) < 4.78 is 58.3. The normalized spacial score (nSPS) is 20.0. The fourth-order valence-corrected chi connectivity index (χ4v) is 6.00. The fourth-order valence-electron chi connectivity index (χ4n) is 6.00. The Labute approximate surface area is 258 Å². The van der Waals surface area contributed by atoms with Crippen molar-refractivity contribution in [1.82, 2.24) is 24.3 Å². The van der Waals surface area contributed by atoms with Crippen molar-refractivity contribution in [1.29, 1.82) is 0 Å². The second kappa shape index (κ2) is 12.0. The zero-order chi connectivity index (χ0) is 32.0. The van der Waals surface area contributed by atoms with Crippen LogP contribution in [0.1, 0.15) is 35.7 Å². The van der Waals surface area contributed by atoms with Crippen LogP contribution in [0, 0.1) is 5.82 Å².